The van der Waals surface area contributed by atoms with Gasteiger partial charge in [-0.1, -0.05) is 12.1 Å². The maximum Gasteiger partial charge on any atom is 0.416 e. The molecule has 1 atom stereocenters. The summed E-state index contributed by atoms with van der Waals surface area (Å²) < 4.78 is 43.7. The van der Waals surface area contributed by atoms with E-state index in [1.54, 1.807) is 11.4 Å². The summed E-state index contributed by atoms with van der Waals surface area (Å²) in [4.78, 5) is 4.35. The molecule has 1 saturated heterocycles. The highest BCUT2D eigenvalue weighted by Crippen LogP contribution is 2.33. The van der Waals surface area contributed by atoms with E-state index in [0.29, 0.717) is 22.9 Å². The van der Waals surface area contributed by atoms with Gasteiger partial charge in [-0.05, 0) is 25.0 Å². The molecule has 3 rings (SSSR count). The summed E-state index contributed by atoms with van der Waals surface area (Å²) in [5, 5.41) is 5.64. The second kappa shape index (κ2) is 6.26. The summed E-state index contributed by atoms with van der Waals surface area (Å²) in [6.45, 7) is 1.47. The smallest absolute Gasteiger partial charge is 0.376 e. The number of hydrogen-bond acceptors (Lipinski definition) is 4. The number of nitrogens with one attached hydrogen (secondary N) is 1. The van der Waals surface area contributed by atoms with E-state index in [0.717, 1.165) is 31.6 Å². The van der Waals surface area contributed by atoms with Crippen molar-refractivity contribution in [1.29, 1.82) is 0 Å². The highest BCUT2D eigenvalue weighted by molar-refractivity contribution is 7.14. The van der Waals surface area contributed by atoms with Crippen molar-refractivity contribution in [3.05, 3.63) is 35.2 Å². The fraction of sp³-hybridized carbons (Fsp3) is 0.400. The van der Waals surface area contributed by atoms with Crippen molar-refractivity contribution in [2.75, 3.05) is 18.5 Å². The van der Waals surface area contributed by atoms with Gasteiger partial charge in [0.05, 0.1) is 17.4 Å². The van der Waals surface area contributed by atoms with Crippen LogP contribution in [0.1, 0.15) is 18.4 Å². The molecule has 1 aliphatic rings. The van der Waals surface area contributed by atoms with Crippen LogP contribution < -0.4 is 5.32 Å². The minimum atomic E-state index is -4.34. The SMILES string of the molecule is FC(F)(F)c1cccc(-c2csc(NCC3CCCO3)n2)c1. The van der Waals surface area contributed by atoms with Gasteiger partial charge in [-0.15, -0.1) is 11.3 Å². The van der Waals surface area contributed by atoms with Crippen molar-refractivity contribution < 1.29 is 17.9 Å². The highest BCUT2D eigenvalue weighted by atomic mass is 32.1. The molecule has 0 bridgehead atoms. The van der Waals surface area contributed by atoms with E-state index in [2.05, 4.69) is 10.3 Å². The zero-order valence-electron chi connectivity index (χ0n) is 11.7. The first-order chi connectivity index (χ1) is 10.5. The number of nitrogens with zero attached hydrogens (tertiary/aromatic N) is 1. The standard InChI is InChI=1S/C15H15F3N2OS/c16-15(17,18)11-4-1-3-10(7-11)13-9-22-14(20-13)19-8-12-5-2-6-21-12/h1,3-4,7,9,12H,2,5-6,8H2,(H,19,20). The van der Waals surface area contributed by atoms with Crippen LogP contribution in [-0.2, 0) is 10.9 Å². The van der Waals surface area contributed by atoms with Crippen LogP contribution in [0.4, 0.5) is 18.3 Å². The second-order valence-corrected chi connectivity index (χ2v) is 5.99. The van der Waals surface area contributed by atoms with Crippen LogP contribution in [0.25, 0.3) is 11.3 Å². The molecule has 0 radical (unpaired) electrons. The topological polar surface area (TPSA) is 34.1 Å². The first kappa shape index (κ1) is 15.3. The quantitative estimate of drug-likeness (QED) is 0.902. The van der Waals surface area contributed by atoms with E-state index in [4.69, 9.17) is 4.74 Å². The molecule has 0 aliphatic carbocycles. The molecule has 3 nitrogen and oxygen atoms in total. The summed E-state index contributed by atoms with van der Waals surface area (Å²) >= 11 is 1.38. The van der Waals surface area contributed by atoms with E-state index >= 15 is 0 Å². The Morgan fingerprint density at radius 1 is 1.36 bits per heavy atom. The highest BCUT2D eigenvalue weighted by Gasteiger charge is 2.30. The summed E-state index contributed by atoms with van der Waals surface area (Å²) in [6, 6.07) is 5.22. The van der Waals surface area contributed by atoms with Crippen molar-refractivity contribution in [1.82, 2.24) is 4.98 Å². The Hall–Kier alpha value is -1.60. The monoisotopic (exact) mass is 328 g/mol. The molecule has 0 saturated carbocycles. The van der Waals surface area contributed by atoms with Crippen LogP contribution in [0.15, 0.2) is 29.6 Å². The molecule has 1 N–H and O–H groups in total. The number of ether oxygens (including phenoxy) is 1. The zero-order chi connectivity index (χ0) is 15.6. The lowest BCUT2D eigenvalue weighted by Gasteiger charge is -2.09. The zero-order valence-corrected chi connectivity index (χ0v) is 12.5. The number of hydrogen-bond donors (Lipinski definition) is 1. The normalized spacial score (nSPS) is 18.6. The van der Waals surface area contributed by atoms with E-state index in [1.165, 1.54) is 17.4 Å². The number of anilines is 1. The Balaban J connectivity index is 1.70. The third kappa shape index (κ3) is 3.59. The number of thiazole rings is 1. The van der Waals surface area contributed by atoms with Crippen molar-refractivity contribution in [3.8, 4) is 11.3 Å². The van der Waals surface area contributed by atoms with Gasteiger partial charge in [-0.3, -0.25) is 0 Å². The minimum absolute atomic E-state index is 0.195. The van der Waals surface area contributed by atoms with Gasteiger partial charge in [0.2, 0.25) is 0 Å². The maximum atomic E-state index is 12.7. The van der Waals surface area contributed by atoms with Crippen LogP contribution in [0.5, 0.6) is 0 Å². The minimum Gasteiger partial charge on any atom is -0.376 e. The molecular weight excluding hydrogens is 313 g/mol. The Morgan fingerprint density at radius 3 is 2.95 bits per heavy atom. The van der Waals surface area contributed by atoms with Gasteiger partial charge in [0, 0.05) is 24.1 Å². The summed E-state index contributed by atoms with van der Waals surface area (Å²) in [7, 11) is 0. The molecule has 1 aromatic carbocycles. The molecule has 2 heterocycles. The van der Waals surface area contributed by atoms with E-state index in [9.17, 15) is 13.2 Å². The van der Waals surface area contributed by atoms with Gasteiger partial charge in [0.1, 0.15) is 0 Å². The predicted octanol–water partition coefficient (Wildman–Crippen LogP) is 4.42. The third-order valence-electron chi connectivity index (χ3n) is 3.49. The Bertz CT molecular complexity index is 636. The molecule has 1 unspecified atom stereocenters. The third-order valence-corrected chi connectivity index (χ3v) is 4.29. The fourth-order valence-corrected chi connectivity index (χ4v) is 3.08. The summed E-state index contributed by atoms with van der Waals surface area (Å²) in [6.07, 6.45) is -2.05. The van der Waals surface area contributed by atoms with Crippen molar-refractivity contribution in [2.24, 2.45) is 0 Å². The molecule has 2 aromatic rings. The van der Waals surface area contributed by atoms with Gasteiger partial charge in [-0.25, -0.2) is 4.98 Å². The molecule has 1 aromatic heterocycles. The fourth-order valence-electron chi connectivity index (χ4n) is 2.35. The molecule has 1 aliphatic heterocycles. The van der Waals surface area contributed by atoms with E-state index in [-0.39, 0.29) is 6.10 Å². The number of halogens is 3. The van der Waals surface area contributed by atoms with Gasteiger partial charge in [0.25, 0.3) is 0 Å². The summed E-state index contributed by atoms with van der Waals surface area (Å²) in [5.41, 5.74) is 0.356. The Labute approximate surface area is 130 Å². The lowest BCUT2D eigenvalue weighted by molar-refractivity contribution is -0.137. The van der Waals surface area contributed by atoms with Gasteiger partial charge in [0.15, 0.2) is 5.13 Å². The summed E-state index contributed by atoms with van der Waals surface area (Å²) in [5.74, 6) is 0. The predicted molar refractivity (Wildman–Crippen MR) is 80.0 cm³/mol. The molecule has 7 heteroatoms. The van der Waals surface area contributed by atoms with Crippen LogP contribution in [-0.4, -0.2) is 24.2 Å². The lowest BCUT2D eigenvalue weighted by atomic mass is 10.1. The van der Waals surface area contributed by atoms with Crippen molar-refractivity contribution in [3.63, 3.8) is 0 Å². The molecule has 22 heavy (non-hydrogen) atoms. The van der Waals surface area contributed by atoms with Crippen LogP contribution in [0, 0.1) is 0 Å². The van der Waals surface area contributed by atoms with Crippen molar-refractivity contribution in [2.45, 2.75) is 25.1 Å². The average molecular weight is 328 g/mol. The molecule has 1 fully saturated rings. The molecule has 0 amide bonds. The van der Waals surface area contributed by atoms with Crippen LogP contribution in [0.2, 0.25) is 0 Å². The van der Waals surface area contributed by atoms with Crippen LogP contribution >= 0.6 is 11.3 Å². The van der Waals surface area contributed by atoms with Crippen LogP contribution in [0.3, 0.4) is 0 Å². The Kier molecular flexibility index (Phi) is 4.35. The van der Waals surface area contributed by atoms with Gasteiger partial charge >= 0.3 is 6.18 Å². The van der Waals surface area contributed by atoms with E-state index in [1.807, 2.05) is 0 Å². The first-order valence-corrected chi connectivity index (χ1v) is 7.89. The number of alkyl halides is 3. The number of benzene rings is 1. The van der Waals surface area contributed by atoms with Gasteiger partial charge < -0.3 is 10.1 Å². The Morgan fingerprint density at radius 2 is 2.23 bits per heavy atom. The lowest BCUT2D eigenvalue weighted by Crippen LogP contribution is -2.18. The first-order valence-electron chi connectivity index (χ1n) is 7.01. The largest absolute Gasteiger partial charge is 0.416 e. The molecular formula is C15H15F3N2OS. The maximum absolute atomic E-state index is 12.7. The average Bonchev–Trinajstić information content (AvgIpc) is 3.16. The number of rotatable bonds is 4. The molecule has 0 spiro atoms. The molecule has 118 valence electrons. The number of aromatic nitrogens is 1. The van der Waals surface area contributed by atoms with Crippen molar-refractivity contribution >= 4 is 16.5 Å². The van der Waals surface area contributed by atoms with E-state index < -0.39 is 11.7 Å². The van der Waals surface area contributed by atoms with Gasteiger partial charge in [-0.2, -0.15) is 13.2 Å². The second-order valence-electron chi connectivity index (χ2n) is 5.13.